The van der Waals surface area contributed by atoms with E-state index in [4.69, 9.17) is 24.2 Å². The van der Waals surface area contributed by atoms with Crippen LogP contribution in [0, 0.1) is 0 Å². The average Bonchev–Trinajstić information content (AvgIpc) is 2.67. The van der Waals surface area contributed by atoms with Crippen LogP contribution in [-0.4, -0.2) is 130 Å². The third-order valence-corrected chi connectivity index (χ3v) is 4.66. The number of amides is 1. The Balaban J connectivity index is 3.16. The van der Waals surface area contributed by atoms with Crippen molar-refractivity contribution in [2.75, 3.05) is 19.8 Å². The molecule has 1 aliphatic rings. The monoisotopic (exact) mass is 465 g/mol. The molecule has 1 rings (SSSR count). The second-order valence-electron chi connectivity index (χ2n) is 6.55. The van der Waals surface area contributed by atoms with Gasteiger partial charge in [-0.05, 0) is 0 Å². The molecule has 9 N–H and O–H groups in total. The molecule has 0 aromatic heterocycles. The molecule has 1 saturated heterocycles. The summed E-state index contributed by atoms with van der Waals surface area (Å²) in [6.45, 7) is -1.86. The molecule has 0 saturated carbocycles. The van der Waals surface area contributed by atoms with Crippen molar-refractivity contribution in [1.82, 2.24) is 5.32 Å². The van der Waals surface area contributed by atoms with Crippen LogP contribution in [0.1, 0.15) is 6.92 Å². The van der Waals surface area contributed by atoms with Gasteiger partial charge in [-0.3, -0.25) is 9.35 Å². The van der Waals surface area contributed by atoms with Crippen molar-refractivity contribution in [3.8, 4) is 0 Å². The van der Waals surface area contributed by atoms with Gasteiger partial charge in [0.05, 0.1) is 19.8 Å². The molecular formula is C14H27NO14S. The first-order chi connectivity index (χ1) is 13.8. The zero-order valence-corrected chi connectivity index (χ0v) is 16.6. The molecular weight excluding hydrogens is 438 g/mol. The number of hydrogen-bond acceptors (Lipinski definition) is 13. The van der Waals surface area contributed by atoms with Gasteiger partial charge in [-0.2, -0.15) is 8.42 Å². The Morgan fingerprint density at radius 3 is 2.13 bits per heavy atom. The number of carbonyl (C=O) groups is 1. The third kappa shape index (κ3) is 7.59. The highest BCUT2D eigenvalue weighted by atomic mass is 32.3. The van der Waals surface area contributed by atoms with Crippen molar-refractivity contribution in [1.29, 1.82) is 0 Å². The SMILES string of the molecule is CC(=O)N[C@H]1[C@H](O[C@@H]([C@@H](O)[C@H](O)CO)[C@@H](O)CO)O[C@H](COS(=O)(=O)O)[C@@H](O)[C@@H]1O. The molecule has 0 bridgehead atoms. The van der Waals surface area contributed by atoms with Crippen molar-refractivity contribution in [3.63, 3.8) is 0 Å². The van der Waals surface area contributed by atoms with Gasteiger partial charge in [-0.25, -0.2) is 4.18 Å². The molecule has 1 aliphatic heterocycles. The van der Waals surface area contributed by atoms with E-state index in [1.54, 1.807) is 0 Å². The van der Waals surface area contributed by atoms with E-state index in [9.17, 15) is 38.7 Å². The van der Waals surface area contributed by atoms with Crippen LogP contribution in [0.25, 0.3) is 0 Å². The van der Waals surface area contributed by atoms with E-state index in [-0.39, 0.29) is 0 Å². The Morgan fingerprint density at radius 1 is 1.10 bits per heavy atom. The Bertz CT molecular complexity index is 647. The lowest BCUT2D eigenvalue weighted by molar-refractivity contribution is -0.301. The van der Waals surface area contributed by atoms with Gasteiger partial charge in [0.15, 0.2) is 6.29 Å². The predicted octanol–water partition coefficient (Wildman–Crippen LogP) is -5.79. The summed E-state index contributed by atoms with van der Waals surface area (Å²) in [5.74, 6) is -0.716. The van der Waals surface area contributed by atoms with Crippen LogP contribution in [0.2, 0.25) is 0 Å². The maximum absolute atomic E-state index is 11.4. The summed E-state index contributed by atoms with van der Waals surface area (Å²) in [4.78, 5) is 11.4. The van der Waals surface area contributed by atoms with Gasteiger partial charge >= 0.3 is 10.4 Å². The number of aliphatic hydroxyl groups excluding tert-OH is 7. The molecule has 0 aromatic carbocycles. The van der Waals surface area contributed by atoms with Gasteiger partial charge in [-0.1, -0.05) is 0 Å². The Morgan fingerprint density at radius 2 is 1.67 bits per heavy atom. The lowest BCUT2D eigenvalue weighted by Crippen LogP contribution is -2.66. The van der Waals surface area contributed by atoms with Crippen molar-refractivity contribution in [3.05, 3.63) is 0 Å². The first kappa shape index (κ1) is 27.0. The fourth-order valence-electron chi connectivity index (χ4n) is 2.71. The summed E-state index contributed by atoms with van der Waals surface area (Å²) < 4.78 is 44.9. The molecule has 1 fully saturated rings. The van der Waals surface area contributed by atoms with E-state index in [0.29, 0.717) is 0 Å². The fraction of sp³-hybridized carbons (Fsp3) is 0.929. The molecule has 9 atom stereocenters. The van der Waals surface area contributed by atoms with Crippen molar-refractivity contribution in [2.24, 2.45) is 0 Å². The topological polar surface area (TPSA) is 253 Å². The standard InChI is InChI=1S/C14H27NO14S/c1-5(18)15-9-12(23)11(22)8(4-27-30(24,25)26)28-14(9)29-13(7(20)3-17)10(21)6(19)2-16/h6-14,16-17,19-23H,2-4H2,1H3,(H,15,18)(H,24,25,26)/t6-,7+,8-,9-,10+,11-,12-,13-,14+/m1/s1. The van der Waals surface area contributed by atoms with E-state index in [1.807, 2.05) is 0 Å². The smallest absolute Gasteiger partial charge is 0.394 e. The lowest BCUT2D eigenvalue weighted by Gasteiger charge is -2.44. The maximum atomic E-state index is 11.4. The molecule has 0 radical (unpaired) electrons. The van der Waals surface area contributed by atoms with Gasteiger partial charge in [-0.15, -0.1) is 0 Å². The maximum Gasteiger partial charge on any atom is 0.397 e. The second kappa shape index (κ2) is 11.6. The summed E-state index contributed by atoms with van der Waals surface area (Å²) in [5, 5.41) is 70.4. The zero-order chi connectivity index (χ0) is 23.2. The molecule has 1 heterocycles. The van der Waals surface area contributed by atoms with Gasteiger partial charge < -0.3 is 50.5 Å². The molecule has 16 heteroatoms. The van der Waals surface area contributed by atoms with E-state index in [0.717, 1.165) is 6.92 Å². The highest BCUT2D eigenvalue weighted by molar-refractivity contribution is 7.80. The first-order valence-corrected chi connectivity index (χ1v) is 10.0. The fourth-order valence-corrected chi connectivity index (χ4v) is 3.02. The molecule has 0 aromatic rings. The van der Waals surface area contributed by atoms with E-state index < -0.39 is 91.2 Å². The van der Waals surface area contributed by atoms with Crippen molar-refractivity contribution < 1.29 is 67.2 Å². The quantitative estimate of drug-likeness (QED) is 0.129. The minimum Gasteiger partial charge on any atom is -0.394 e. The van der Waals surface area contributed by atoms with Crippen LogP contribution in [-0.2, 0) is 28.9 Å². The largest absolute Gasteiger partial charge is 0.397 e. The minimum atomic E-state index is -4.94. The molecule has 178 valence electrons. The molecule has 0 spiro atoms. The van der Waals surface area contributed by atoms with Crippen molar-refractivity contribution >= 4 is 16.3 Å². The number of carbonyl (C=O) groups excluding carboxylic acids is 1. The number of hydrogen-bond donors (Lipinski definition) is 9. The van der Waals surface area contributed by atoms with Crippen LogP contribution in [0.15, 0.2) is 0 Å². The lowest BCUT2D eigenvalue weighted by atomic mass is 9.96. The summed E-state index contributed by atoms with van der Waals surface area (Å²) in [7, 11) is -4.94. The van der Waals surface area contributed by atoms with Crippen LogP contribution < -0.4 is 5.32 Å². The van der Waals surface area contributed by atoms with Gasteiger partial charge in [0.25, 0.3) is 0 Å². The van der Waals surface area contributed by atoms with E-state index >= 15 is 0 Å². The summed E-state index contributed by atoms with van der Waals surface area (Å²) in [6, 6.07) is -1.52. The Kier molecular flexibility index (Phi) is 10.4. The number of aliphatic hydroxyl groups is 7. The molecule has 30 heavy (non-hydrogen) atoms. The molecule has 15 nitrogen and oxygen atoms in total. The average molecular weight is 465 g/mol. The summed E-state index contributed by atoms with van der Waals surface area (Å²) in [6.07, 6.45) is -14.6. The summed E-state index contributed by atoms with van der Waals surface area (Å²) >= 11 is 0. The highest BCUT2D eigenvalue weighted by Gasteiger charge is 2.48. The van der Waals surface area contributed by atoms with Crippen LogP contribution in [0.5, 0.6) is 0 Å². The first-order valence-electron chi connectivity index (χ1n) is 8.64. The van der Waals surface area contributed by atoms with Crippen molar-refractivity contribution in [2.45, 2.75) is 62.0 Å². The van der Waals surface area contributed by atoms with Crippen LogP contribution in [0.4, 0.5) is 0 Å². The van der Waals surface area contributed by atoms with E-state index in [1.165, 1.54) is 0 Å². The third-order valence-electron chi connectivity index (χ3n) is 4.23. The Labute approximate surface area is 171 Å². The van der Waals surface area contributed by atoms with Crippen LogP contribution in [0.3, 0.4) is 0 Å². The van der Waals surface area contributed by atoms with E-state index in [2.05, 4.69) is 9.50 Å². The highest BCUT2D eigenvalue weighted by Crippen LogP contribution is 2.26. The number of rotatable bonds is 11. The normalized spacial score (nSPS) is 31.6. The molecule has 0 unspecified atom stereocenters. The van der Waals surface area contributed by atoms with Gasteiger partial charge in [0, 0.05) is 6.92 Å². The predicted molar refractivity (Wildman–Crippen MR) is 92.8 cm³/mol. The Hall–Kier alpha value is -1.02. The van der Waals surface area contributed by atoms with Gasteiger partial charge in [0.1, 0.15) is 48.8 Å². The summed E-state index contributed by atoms with van der Waals surface area (Å²) in [5.41, 5.74) is 0. The molecule has 0 aliphatic carbocycles. The minimum absolute atomic E-state index is 0.716. The van der Waals surface area contributed by atoms with Gasteiger partial charge in [0.2, 0.25) is 5.91 Å². The molecule has 1 amide bonds. The zero-order valence-electron chi connectivity index (χ0n) is 15.8. The number of ether oxygens (including phenoxy) is 2. The second-order valence-corrected chi connectivity index (χ2v) is 7.64. The number of nitrogens with one attached hydrogen (secondary N) is 1. The van der Waals surface area contributed by atoms with Crippen LogP contribution >= 0.6 is 0 Å².